The second kappa shape index (κ2) is 11.4. The predicted molar refractivity (Wildman–Crippen MR) is 139 cm³/mol. The van der Waals surface area contributed by atoms with E-state index in [4.69, 9.17) is 9.47 Å². The summed E-state index contributed by atoms with van der Waals surface area (Å²) in [6.45, 7) is 2.03. The van der Waals surface area contributed by atoms with E-state index in [1.165, 1.54) is 32.2 Å². The number of methoxy groups -OCH3 is 2. The van der Waals surface area contributed by atoms with Gasteiger partial charge in [-0.25, -0.2) is 5.43 Å². The van der Waals surface area contributed by atoms with Gasteiger partial charge in [-0.3, -0.25) is 9.36 Å². The van der Waals surface area contributed by atoms with Crippen molar-refractivity contribution >= 4 is 23.9 Å². The van der Waals surface area contributed by atoms with Crippen molar-refractivity contribution in [3.63, 3.8) is 0 Å². The zero-order valence-electron chi connectivity index (χ0n) is 20.0. The van der Waals surface area contributed by atoms with Crippen molar-refractivity contribution in [2.45, 2.75) is 12.1 Å². The molecule has 0 aliphatic rings. The van der Waals surface area contributed by atoms with Crippen LogP contribution in [0.5, 0.6) is 17.2 Å². The van der Waals surface area contributed by atoms with Crippen LogP contribution in [0.4, 0.5) is 0 Å². The van der Waals surface area contributed by atoms with Gasteiger partial charge >= 0.3 is 0 Å². The number of phenols is 1. The van der Waals surface area contributed by atoms with Gasteiger partial charge in [0.05, 0.1) is 26.2 Å². The van der Waals surface area contributed by atoms with Gasteiger partial charge in [-0.15, -0.1) is 10.2 Å². The fourth-order valence-electron chi connectivity index (χ4n) is 3.39. The summed E-state index contributed by atoms with van der Waals surface area (Å²) in [6.07, 6.45) is 1.44. The number of carbonyl (C=O) groups excluding carboxylic acids is 1. The van der Waals surface area contributed by atoms with E-state index in [2.05, 4.69) is 20.7 Å². The topological polar surface area (TPSA) is 111 Å². The molecule has 0 aliphatic heterocycles. The number of nitrogens with one attached hydrogen (secondary N) is 1. The molecule has 0 radical (unpaired) electrons. The van der Waals surface area contributed by atoms with Gasteiger partial charge in [0.15, 0.2) is 22.5 Å². The molecular weight excluding hydrogens is 478 g/mol. The lowest BCUT2D eigenvalue weighted by Crippen LogP contribution is -2.20. The SMILES string of the molecule is COc1cc(/C=N\NC(=O)CSc2nnc(-c3ccc(C)cc3)n2-c2ccccc2)cc(OC)c1O. The Morgan fingerprint density at radius 3 is 2.36 bits per heavy atom. The smallest absolute Gasteiger partial charge is 0.250 e. The highest BCUT2D eigenvalue weighted by Crippen LogP contribution is 2.36. The van der Waals surface area contributed by atoms with E-state index < -0.39 is 0 Å². The minimum atomic E-state index is -0.312. The van der Waals surface area contributed by atoms with Crippen LogP contribution in [0.15, 0.2) is 77.0 Å². The number of hydrazone groups is 1. The molecule has 0 bridgehead atoms. The Hall–Kier alpha value is -4.31. The van der Waals surface area contributed by atoms with Crippen LogP contribution in [-0.4, -0.2) is 52.0 Å². The molecule has 3 aromatic carbocycles. The number of carbonyl (C=O) groups is 1. The number of nitrogens with zero attached hydrogens (tertiary/aromatic N) is 4. The molecule has 2 N–H and O–H groups in total. The van der Waals surface area contributed by atoms with Crippen LogP contribution in [0.3, 0.4) is 0 Å². The average Bonchev–Trinajstić information content (AvgIpc) is 3.33. The Bertz CT molecular complexity index is 1350. The summed E-state index contributed by atoms with van der Waals surface area (Å²) in [5.74, 6) is 0.832. The number of aromatic hydroxyl groups is 1. The van der Waals surface area contributed by atoms with E-state index in [-0.39, 0.29) is 28.9 Å². The molecule has 0 aliphatic carbocycles. The van der Waals surface area contributed by atoms with Gasteiger partial charge in [0.1, 0.15) is 0 Å². The first-order valence-electron chi connectivity index (χ1n) is 11.0. The van der Waals surface area contributed by atoms with Gasteiger partial charge in [-0.2, -0.15) is 5.10 Å². The number of rotatable bonds is 9. The Labute approximate surface area is 212 Å². The molecule has 4 aromatic rings. The molecule has 36 heavy (non-hydrogen) atoms. The molecule has 0 atom stereocenters. The molecule has 0 unspecified atom stereocenters. The zero-order valence-corrected chi connectivity index (χ0v) is 20.8. The number of hydrogen-bond donors (Lipinski definition) is 2. The molecule has 4 rings (SSSR count). The van der Waals surface area contributed by atoms with Gasteiger partial charge in [0, 0.05) is 16.8 Å². The zero-order chi connectivity index (χ0) is 25.5. The van der Waals surface area contributed by atoms with E-state index in [0.29, 0.717) is 16.5 Å². The van der Waals surface area contributed by atoms with E-state index in [1.54, 1.807) is 12.1 Å². The molecule has 1 amide bonds. The van der Waals surface area contributed by atoms with Crippen molar-refractivity contribution in [3.05, 3.63) is 77.9 Å². The molecule has 10 heteroatoms. The quantitative estimate of drug-likeness (QED) is 0.200. The van der Waals surface area contributed by atoms with Crippen LogP contribution in [0, 0.1) is 6.92 Å². The van der Waals surface area contributed by atoms with Crippen molar-refractivity contribution in [1.82, 2.24) is 20.2 Å². The van der Waals surface area contributed by atoms with Crippen LogP contribution in [0.2, 0.25) is 0 Å². The second-order valence-corrected chi connectivity index (χ2v) is 8.64. The molecule has 0 fully saturated rings. The van der Waals surface area contributed by atoms with Gasteiger partial charge < -0.3 is 14.6 Å². The van der Waals surface area contributed by atoms with E-state index in [9.17, 15) is 9.90 Å². The molecule has 0 saturated heterocycles. The summed E-state index contributed by atoms with van der Waals surface area (Å²) < 4.78 is 12.2. The van der Waals surface area contributed by atoms with Crippen molar-refractivity contribution in [3.8, 4) is 34.3 Å². The largest absolute Gasteiger partial charge is 0.502 e. The van der Waals surface area contributed by atoms with Gasteiger partial charge in [0.2, 0.25) is 5.75 Å². The van der Waals surface area contributed by atoms with Crippen LogP contribution >= 0.6 is 11.8 Å². The lowest BCUT2D eigenvalue weighted by Gasteiger charge is -2.10. The maximum Gasteiger partial charge on any atom is 0.250 e. The fourth-order valence-corrected chi connectivity index (χ4v) is 4.14. The van der Waals surface area contributed by atoms with Crippen LogP contribution in [-0.2, 0) is 4.79 Å². The number of thioether (sulfide) groups is 1. The van der Waals surface area contributed by atoms with E-state index >= 15 is 0 Å². The standard InChI is InChI=1S/C26H25N5O4S/c1-17-9-11-19(12-10-17)25-29-30-26(31(25)20-7-5-4-6-8-20)36-16-23(32)28-27-15-18-13-21(34-2)24(33)22(14-18)35-3/h4-15,33H,16H2,1-3H3,(H,28,32)/b27-15-. The number of aromatic nitrogens is 3. The monoisotopic (exact) mass is 503 g/mol. The van der Waals surface area contributed by atoms with Gasteiger partial charge in [-0.1, -0.05) is 59.8 Å². The molecule has 0 spiro atoms. The third-order valence-corrected chi connectivity index (χ3v) is 6.12. The lowest BCUT2D eigenvalue weighted by molar-refractivity contribution is -0.118. The number of hydrogen-bond acceptors (Lipinski definition) is 8. The lowest BCUT2D eigenvalue weighted by atomic mass is 10.1. The normalized spacial score (nSPS) is 11.0. The number of benzene rings is 3. The number of aryl methyl sites for hydroxylation is 1. The van der Waals surface area contributed by atoms with Crippen molar-refractivity contribution in [2.24, 2.45) is 5.10 Å². The van der Waals surface area contributed by atoms with Gasteiger partial charge in [-0.05, 0) is 31.2 Å². The Morgan fingerprint density at radius 2 is 1.72 bits per heavy atom. The maximum atomic E-state index is 12.5. The fraction of sp³-hybridized carbons (Fsp3) is 0.154. The third-order valence-electron chi connectivity index (χ3n) is 5.19. The summed E-state index contributed by atoms with van der Waals surface area (Å²) in [5.41, 5.74) is 6.07. The van der Waals surface area contributed by atoms with Crippen LogP contribution < -0.4 is 14.9 Å². The summed E-state index contributed by atoms with van der Waals surface area (Å²) in [4.78, 5) is 12.5. The molecule has 9 nitrogen and oxygen atoms in total. The maximum absolute atomic E-state index is 12.5. The first kappa shape index (κ1) is 24.8. The average molecular weight is 504 g/mol. The second-order valence-electron chi connectivity index (χ2n) is 7.70. The first-order valence-corrected chi connectivity index (χ1v) is 12.0. The minimum absolute atomic E-state index is 0.0818. The molecule has 0 saturated carbocycles. The van der Waals surface area contributed by atoms with Crippen LogP contribution in [0.25, 0.3) is 17.1 Å². The highest BCUT2D eigenvalue weighted by atomic mass is 32.2. The van der Waals surface area contributed by atoms with Crippen LogP contribution in [0.1, 0.15) is 11.1 Å². The summed E-state index contributed by atoms with van der Waals surface area (Å²) in [5, 5.41) is 23.3. The Morgan fingerprint density at radius 1 is 1.06 bits per heavy atom. The molecular formula is C26H25N5O4S. The summed E-state index contributed by atoms with van der Waals surface area (Å²) in [6, 6.07) is 21.0. The minimum Gasteiger partial charge on any atom is -0.502 e. The van der Waals surface area contributed by atoms with Crippen molar-refractivity contribution < 1.29 is 19.4 Å². The predicted octanol–water partition coefficient (Wildman–Crippen LogP) is 4.21. The highest BCUT2D eigenvalue weighted by Gasteiger charge is 2.17. The highest BCUT2D eigenvalue weighted by molar-refractivity contribution is 7.99. The number of ether oxygens (including phenoxy) is 2. The van der Waals surface area contributed by atoms with E-state index in [0.717, 1.165) is 16.8 Å². The summed E-state index contributed by atoms with van der Waals surface area (Å²) >= 11 is 1.26. The van der Waals surface area contributed by atoms with Crippen molar-refractivity contribution in [2.75, 3.05) is 20.0 Å². The molecule has 1 aromatic heterocycles. The molecule has 1 heterocycles. The number of amides is 1. The molecule has 184 valence electrons. The first-order chi connectivity index (χ1) is 17.5. The van der Waals surface area contributed by atoms with E-state index in [1.807, 2.05) is 66.1 Å². The van der Waals surface area contributed by atoms with Gasteiger partial charge in [0.25, 0.3) is 5.91 Å². The Kier molecular flexibility index (Phi) is 7.86. The number of phenolic OH excluding ortho intramolecular Hbond substituents is 1. The van der Waals surface area contributed by atoms with Crippen molar-refractivity contribution in [1.29, 1.82) is 0 Å². The number of para-hydroxylation sites is 1. The summed E-state index contributed by atoms with van der Waals surface area (Å²) in [7, 11) is 2.87. The third kappa shape index (κ3) is 5.66. The Balaban J connectivity index is 1.48.